The van der Waals surface area contributed by atoms with Gasteiger partial charge in [-0.15, -0.1) is 0 Å². The molecule has 66 heavy (non-hydrogen) atoms. The zero-order chi connectivity index (χ0) is 46.1. The number of hydrogen-bond donors (Lipinski definition) is 0. The molecule has 0 amide bonds. The van der Waals surface area contributed by atoms with E-state index in [0.717, 1.165) is 35.1 Å². The van der Waals surface area contributed by atoms with E-state index in [4.69, 9.17) is 42.6 Å². The van der Waals surface area contributed by atoms with Gasteiger partial charge in [0, 0.05) is 11.5 Å². The summed E-state index contributed by atoms with van der Waals surface area (Å²) in [7, 11) is 0. The fourth-order valence-corrected chi connectivity index (χ4v) is 8.54. The first-order chi connectivity index (χ1) is 32.4. The molecular weight excluding hydrogens is 835 g/mol. The van der Waals surface area contributed by atoms with Gasteiger partial charge < -0.3 is 42.6 Å². The van der Waals surface area contributed by atoms with Gasteiger partial charge in [0.1, 0.15) is 36.6 Å². The van der Waals surface area contributed by atoms with E-state index in [1.807, 2.05) is 135 Å². The van der Waals surface area contributed by atoms with E-state index >= 15 is 0 Å². The van der Waals surface area contributed by atoms with Crippen LogP contribution in [-0.2, 0) is 69.1 Å². The topological polar surface area (TPSA) is 132 Å². The van der Waals surface area contributed by atoms with Crippen LogP contribution in [0.25, 0.3) is 10.4 Å². The van der Waals surface area contributed by atoms with Gasteiger partial charge >= 0.3 is 0 Å². The smallest absolute Gasteiger partial charge is 0.186 e. The fraction of sp³-hybridized carbons (Fsp3) is 0.556. The van der Waals surface area contributed by atoms with E-state index in [1.54, 1.807) is 0 Å². The summed E-state index contributed by atoms with van der Waals surface area (Å²) in [5.74, 6) is -0.928. The molecule has 0 aromatic heterocycles. The second-order valence-electron chi connectivity index (χ2n) is 17.8. The van der Waals surface area contributed by atoms with Crippen LogP contribution in [-0.4, -0.2) is 81.2 Å². The molecule has 0 bridgehead atoms. The van der Waals surface area contributed by atoms with E-state index < -0.39 is 54.7 Å². The van der Waals surface area contributed by atoms with E-state index in [-0.39, 0.29) is 26.4 Å². The second kappa shape index (κ2) is 28.9. The van der Waals surface area contributed by atoms with Crippen molar-refractivity contribution >= 4 is 0 Å². The van der Waals surface area contributed by atoms with Gasteiger partial charge in [0.05, 0.1) is 52.3 Å². The number of azide groups is 1. The van der Waals surface area contributed by atoms with E-state index in [9.17, 15) is 5.53 Å². The number of unbranched alkanes of at least 4 members (excludes halogenated alkanes) is 9. The Bertz CT molecular complexity index is 1920. The SMILES string of the molecule is CCCCCCCCCCCCOC[C@H]1OC(C)(C)O[C@H]1[C@H](CO[C@H]1O[C@H](COCc2ccccc2)[C@H](OCc2ccccc2)[C@H](OCc2ccccc2)[C@H]1OCc1ccccc1)N=[N+]=[N-]. The highest BCUT2D eigenvalue weighted by Gasteiger charge is 2.50. The minimum atomic E-state index is -0.992. The van der Waals surface area contributed by atoms with Crippen LogP contribution in [0, 0.1) is 0 Å². The Labute approximate surface area is 393 Å². The quantitative estimate of drug-likeness (QED) is 0.0209. The van der Waals surface area contributed by atoms with Crippen molar-refractivity contribution in [3.8, 4) is 0 Å². The molecule has 0 unspecified atom stereocenters. The standard InChI is InChI=1S/C54H73N3O9/c1-4-5-6-7-8-9-10-11-12-25-34-58-41-48-49(66-54(2,3)65-48)46(56-57-55)39-63-53-52(62-38-45-32-23-16-24-33-45)51(61-37-44-30-21-15-22-31-44)50(60-36-43-28-19-14-20-29-43)47(64-53)40-59-35-42-26-17-13-18-27-42/h13-24,26-33,46-53H,4-12,25,34-41H2,1-3H3/t46-,47+,48+,49-,50-,51-,52+,53-/m0/s1. The van der Waals surface area contributed by atoms with Crippen molar-refractivity contribution in [1.29, 1.82) is 0 Å². The van der Waals surface area contributed by atoms with Crippen LogP contribution >= 0.6 is 0 Å². The maximum Gasteiger partial charge on any atom is 0.186 e. The maximum absolute atomic E-state index is 9.91. The number of hydrogen-bond acceptors (Lipinski definition) is 10. The molecule has 358 valence electrons. The minimum absolute atomic E-state index is 0.0580. The van der Waals surface area contributed by atoms with E-state index in [2.05, 4.69) is 16.9 Å². The molecule has 12 heteroatoms. The van der Waals surface area contributed by atoms with Crippen LogP contribution < -0.4 is 0 Å². The molecule has 0 spiro atoms. The molecule has 4 aromatic rings. The van der Waals surface area contributed by atoms with Crippen LogP contribution in [0.2, 0.25) is 0 Å². The van der Waals surface area contributed by atoms with Crippen molar-refractivity contribution in [2.75, 3.05) is 26.4 Å². The number of benzene rings is 4. The molecule has 2 aliphatic heterocycles. The predicted octanol–water partition coefficient (Wildman–Crippen LogP) is 11.8. The van der Waals surface area contributed by atoms with Crippen LogP contribution in [0.1, 0.15) is 107 Å². The third-order valence-electron chi connectivity index (χ3n) is 12.0. The Morgan fingerprint density at radius 3 is 1.55 bits per heavy atom. The average Bonchev–Trinajstić information content (AvgIpc) is 3.66. The largest absolute Gasteiger partial charge is 0.379 e. The molecule has 2 fully saturated rings. The van der Waals surface area contributed by atoms with Crippen LogP contribution in [0.5, 0.6) is 0 Å². The van der Waals surface area contributed by atoms with Crippen molar-refractivity contribution in [1.82, 2.24) is 0 Å². The van der Waals surface area contributed by atoms with Gasteiger partial charge in [0.25, 0.3) is 0 Å². The van der Waals surface area contributed by atoms with Gasteiger partial charge in [-0.25, -0.2) is 0 Å². The lowest BCUT2D eigenvalue weighted by Crippen LogP contribution is -2.62. The van der Waals surface area contributed by atoms with Crippen LogP contribution in [0.4, 0.5) is 0 Å². The molecule has 0 radical (unpaired) electrons. The maximum atomic E-state index is 9.91. The monoisotopic (exact) mass is 908 g/mol. The number of nitrogens with zero attached hydrogens (tertiary/aromatic N) is 3. The van der Waals surface area contributed by atoms with E-state index in [0.29, 0.717) is 26.4 Å². The molecule has 6 rings (SSSR count). The predicted molar refractivity (Wildman–Crippen MR) is 255 cm³/mol. The first kappa shape index (κ1) is 51.2. The molecule has 8 atom stereocenters. The molecule has 0 N–H and O–H groups in total. The van der Waals surface area contributed by atoms with Gasteiger partial charge in [0.15, 0.2) is 12.1 Å². The normalized spacial score (nSPS) is 23.0. The highest BCUT2D eigenvalue weighted by Crippen LogP contribution is 2.35. The van der Waals surface area contributed by atoms with Crippen molar-refractivity contribution in [2.24, 2.45) is 5.11 Å². The lowest BCUT2D eigenvalue weighted by Gasteiger charge is -2.46. The highest BCUT2D eigenvalue weighted by atomic mass is 16.8. The Morgan fingerprint density at radius 1 is 0.545 bits per heavy atom. The number of rotatable bonds is 31. The van der Waals surface area contributed by atoms with Crippen molar-refractivity contribution in [3.05, 3.63) is 154 Å². The summed E-state index contributed by atoms with van der Waals surface area (Å²) in [6.45, 7) is 8.23. The molecule has 4 aromatic carbocycles. The Morgan fingerprint density at radius 2 is 1.02 bits per heavy atom. The van der Waals surface area contributed by atoms with Crippen LogP contribution in [0.15, 0.2) is 126 Å². The van der Waals surface area contributed by atoms with Crippen molar-refractivity contribution in [3.63, 3.8) is 0 Å². The summed E-state index contributed by atoms with van der Waals surface area (Å²) < 4.78 is 59.5. The Kier molecular flexibility index (Phi) is 22.4. The van der Waals surface area contributed by atoms with Gasteiger partial charge in [-0.3, -0.25) is 0 Å². The van der Waals surface area contributed by atoms with Gasteiger partial charge in [-0.1, -0.05) is 191 Å². The van der Waals surface area contributed by atoms with Gasteiger partial charge in [0.2, 0.25) is 0 Å². The summed E-state index contributed by atoms with van der Waals surface area (Å²) >= 11 is 0. The molecule has 0 saturated carbocycles. The number of ether oxygens (including phenoxy) is 9. The molecular formula is C54H73N3O9. The summed E-state index contributed by atoms with van der Waals surface area (Å²) in [5.41, 5.74) is 13.9. The Hall–Kier alpha value is -4.17. The molecule has 12 nitrogen and oxygen atoms in total. The Balaban J connectivity index is 1.19. The highest BCUT2D eigenvalue weighted by molar-refractivity contribution is 5.16. The molecule has 2 saturated heterocycles. The van der Waals surface area contributed by atoms with Crippen molar-refractivity contribution < 1.29 is 42.6 Å². The van der Waals surface area contributed by atoms with Crippen molar-refractivity contribution in [2.45, 2.75) is 166 Å². The van der Waals surface area contributed by atoms with E-state index in [1.165, 1.54) is 51.4 Å². The summed E-state index contributed by atoms with van der Waals surface area (Å²) in [6, 6.07) is 39.2. The summed E-state index contributed by atoms with van der Waals surface area (Å²) in [5, 5.41) is 4.23. The minimum Gasteiger partial charge on any atom is -0.379 e. The molecule has 0 aliphatic carbocycles. The third kappa shape index (κ3) is 17.5. The zero-order valence-electron chi connectivity index (χ0n) is 39.4. The molecule has 2 aliphatic rings. The summed E-state index contributed by atoms with van der Waals surface area (Å²) in [6.07, 6.45) is 7.64. The fourth-order valence-electron chi connectivity index (χ4n) is 8.54. The average molecular weight is 908 g/mol. The molecule has 2 heterocycles. The van der Waals surface area contributed by atoms with Gasteiger partial charge in [-0.05, 0) is 48.1 Å². The lowest BCUT2D eigenvalue weighted by molar-refractivity contribution is -0.329. The first-order valence-electron chi connectivity index (χ1n) is 24.3. The first-order valence-corrected chi connectivity index (χ1v) is 24.3. The lowest BCUT2D eigenvalue weighted by atomic mass is 9.97. The second-order valence-corrected chi connectivity index (χ2v) is 17.8. The summed E-state index contributed by atoms with van der Waals surface area (Å²) in [4.78, 5) is 3.25. The van der Waals surface area contributed by atoms with Gasteiger partial charge in [-0.2, -0.15) is 0 Å². The zero-order valence-corrected chi connectivity index (χ0v) is 39.4. The third-order valence-corrected chi connectivity index (χ3v) is 12.0. The van der Waals surface area contributed by atoms with Crippen LogP contribution in [0.3, 0.4) is 0 Å².